The fourth-order valence-electron chi connectivity index (χ4n) is 3.38. The number of carbonyl (C=O) groups excluding carboxylic acids is 2. The van der Waals surface area contributed by atoms with E-state index in [0.29, 0.717) is 27.5 Å². The summed E-state index contributed by atoms with van der Waals surface area (Å²) in [7, 11) is 1.54. The molecule has 0 atom stereocenters. The van der Waals surface area contributed by atoms with Crippen LogP contribution in [0.15, 0.2) is 58.7 Å². The number of nitrogens with zero attached hydrogens (tertiary/aromatic N) is 2. The molecule has 10 heteroatoms. The number of aromatic nitrogens is 2. The van der Waals surface area contributed by atoms with Gasteiger partial charge < -0.3 is 14.8 Å². The molecule has 0 radical (unpaired) electrons. The maximum absolute atomic E-state index is 13.4. The van der Waals surface area contributed by atoms with Crippen molar-refractivity contribution in [3.8, 4) is 11.4 Å². The highest BCUT2D eigenvalue weighted by Gasteiger charge is 2.23. The van der Waals surface area contributed by atoms with Crippen LogP contribution < -0.4 is 20.9 Å². The van der Waals surface area contributed by atoms with E-state index in [0.717, 1.165) is 21.6 Å². The van der Waals surface area contributed by atoms with Gasteiger partial charge in [0.1, 0.15) is 10.8 Å². The monoisotopic (exact) mass is 478 g/mol. The number of aryl methyl sites for hydroxylation is 1. The average molecular weight is 479 g/mol. The molecule has 0 spiro atoms. The largest absolute Gasteiger partial charge is 0.497 e. The Hall–Kier alpha value is -4.18. The van der Waals surface area contributed by atoms with Crippen molar-refractivity contribution in [3.05, 3.63) is 75.5 Å². The number of rotatable bonds is 6. The number of esters is 1. The van der Waals surface area contributed by atoms with Gasteiger partial charge >= 0.3 is 12.0 Å². The van der Waals surface area contributed by atoms with E-state index >= 15 is 0 Å². The van der Waals surface area contributed by atoms with Crippen LogP contribution in [0.4, 0.5) is 15.5 Å². The van der Waals surface area contributed by atoms with Crippen LogP contribution in [-0.2, 0) is 4.74 Å². The SMILES string of the molecule is CCOC(=O)c1nn(-c2ccc(OC)cc2)c(=O)c2c(NC(=O)Nc3cccc(C)c3)scc12. The van der Waals surface area contributed by atoms with Crippen LogP contribution >= 0.6 is 11.3 Å². The molecule has 0 saturated heterocycles. The zero-order chi connectivity index (χ0) is 24.2. The molecule has 0 saturated carbocycles. The lowest BCUT2D eigenvalue weighted by molar-refractivity contribution is 0.0520. The first-order chi connectivity index (χ1) is 16.4. The molecule has 34 heavy (non-hydrogen) atoms. The number of carbonyl (C=O) groups is 2. The highest BCUT2D eigenvalue weighted by atomic mass is 32.1. The first-order valence-corrected chi connectivity index (χ1v) is 11.3. The Morgan fingerprint density at radius 2 is 1.88 bits per heavy atom. The molecule has 2 aromatic heterocycles. The fourth-order valence-corrected chi connectivity index (χ4v) is 4.31. The van der Waals surface area contributed by atoms with Crippen molar-refractivity contribution in [1.82, 2.24) is 9.78 Å². The summed E-state index contributed by atoms with van der Waals surface area (Å²) < 4.78 is 11.4. The summed E-state index contributed by atoms with van der Waals surface area (Å²) in [5, 5.41) is 12.1. The summed E-state index contributed by atoms with van der Waals surface area (Å²) in [6.45, 7) is 3.75. The lowest BCUT2D eigenvalue weighted by Crippen LogP contribution is -2.26. The number of urea groups is 1. The number of thiophene rings is 1. The third kappa shape index (κ3) is 4.62. The van der Waals surface area contributed by atoms with Crippen molar-refractivity contribution in [2.45, 2.75) is 13.8 Å². The van der Waals surface area contributed by atoms with Crippen molar-refractivity contribution in [2.24, 2.45) is 0 Å². The van der Waals surface area contributed by atoms with E-state index in [9.17, 15) is 14.4 Å². The molecule has 2 amide bonds. The first kappa shape index (κ1) is 23.0. The fraction of sp³-hybridized carbons (Fsp3) is 0.167. The maximum atomic E-state index is 13.4. The quantitative estimate of drug-likeness (QED) is 0.392. The molecule has 4 aromatic rings. The van der Waals surface area contributed by atoms with Crippen molar-refractivity contribution in [2.75, 3.05) is 24.4 Å². The van der Waals surface area contributed by atoms with E-state index in [2.05, 4.69) is 15.7 Å². The van der Waals surface area contributed by atoms with E-state index in [1.807, 2.05) is 25.1 Å². The number of methoxy groups -OCH3 is 1. The van der Waals surface area contributed by atoms with Crippen LogP contribution in [0.5, 0.6) is 5.75 Å². The molecule has 0 aliphatic heterocycles. The number of amides is 2. The van der Waals surface area contributed by atoms with Crippen molar-refractivity contribution in [3.63, 3.8) is 0 Å². The molecule has 0 aliphatic rings. The van der Waals surface area contributed by atoms with Gasteiger partial charge in [0, 0.05) is 16.5 Å². The summed E-state index contributed by atoms with van der Waals surface area (Å²) in [5.41, 5.74) is 1.53. The van der Waals surface area contributed by atoms with E-state index in [1.54, 1.807) is 42.6 Å². The van der Waals surface area contributed by atoms with Gasteiger partial charge in [0.15, 0.2) is 5.69 Å². The minimum absolute atomic E-state index is 0.0179. The van der Waals surface area contributed by atoms with Gasteiger partial charge in [-0.2, -0.15) is 9.78 Å². The number of hydrogen-bond acceptors (Lipinski definition) is 7. The predicted molar refractivity (Wildman–Crippen MR) is 132 cm³/mol. The molecule has 0 bridgehead atoms. The molecule has 4 rings (SSSR count). The van der Waals surface area contributed by atoms with E-state index in [1.165, 1.54) is 7.11 Å². The molecule has 2 aromatic carbocycles. The lowest BCUT2D eigenvalue weighted by Gasteiger charge is -2.11. The van der Waals surface area contributed by atoms with Crippen LogP contribution in [-0.4, -0.2) is 35.5 Å². The predicted octanol–water partition coefficient (Wildman–Crippen LogP) is 4.58. The molecule has 9 nitrogen and oxygen atoms in total. The molecule has 0 unspecified atom stereocenters. The minimum Gasteiger partial charge on any atom is -0.497 e. The molecular formula is C24H22N4O5S. The minimum atomic E-state index is -0.664. The second-order valence-electron chi connectivity index (χ2n) is 7.29. The van der Waals surface area contributed by atoms with Gasteiger partial charge in [-0.05, 0) is 55.8 Å². The van der Waals surface area contributed by atoms with Gasteiger partial charge in [0.05, 0.1) is 24.8 Å². The summed E-state index contributed by atoms with van der Waals surface area (Å²) in [5.74, 6) is -0.0578. The summed E-state index contributed by atoms with van der Waals surface area (Å²) in [4.78, 5) is 38.7. The smallest absolute Gasteiger partial charge is 0.359 e. The Bertz CT molecular complexity index is 1430. The highest BCUT2D eigenvalue weighted by molar-refractivity contribution is 7.16. The Balaban J connectivity index is 1.79. The number of anilines is 2. The zero-order valence-electron chi connectivity index (χ0n) is 18.7. The van der Waals surface area contributed by atoms with E-state index in [-0.39, 0.29) is 17.7 Å². The van der Waals surface area contributed by atoms with Crippen molar-refractivity contribution in [1.29, 1.82) is 0 Å². The Morgan fingerprint density at radius 1 is 1.12 bits per heavy atom. The zero-order valence-corrected chi connectivity index (χ0v) is 19.6. The number of nitrogens with one attached hydrogen (secondary N) is 2. The van der Waals surface area contributed by atoms with Crippen LogP contribution in [0.1, 0.15) is 23.0 Å². The summed E-state index contributed by atoms with van der Waals surface area (Å²) in [6, 6.07) is 13.5. The Morgan fingerprint density at radius 3 is 2.56 bits per heavy atom. The molecule has 2 heterocycles. The topological polar surface area (TPSA) is 112 Å². The summed E-state index contributed by atoms with van der Waals surface area (Å²) in [6.07, 6.45) is 0. The number of hydrogen-bond donors (Lipinski definition) is 2. The van der Waals surface area contributed by atoms with E-state index in [4.69, 9.17) is 9.47 Å². The third-order valence-electron chi connectivity index (χ3n) is 4.94. The van der Waals surface area contributed by atoms with Gasteiger partial charge in [-0.3, -0.25) is 10.1 Å². The normalized spacial score (nSPS) is 10.7. The molecular weight excluding hydrogens is 456 g/mol. The summed E-state index contributed by atoms with van der Waals surface area (Å²) >= 11 is 1.13. The molecule has 0 aliphatic carbocycles. The lowest BCUT2D eigenvalue weighted by atomic mass is 10.2. The van der Waals surface area contributed by atoms with Gasteiger partial charge in [-0.1, -0.05) is 12.1 Å². The van der Waals surface area contributed by atoms with Gasteiger partial charge in [-0.15, -0.1) is 11.3 Å². The number of ether oxygens (including phenoxy) is 2. The first-order valence-electron chi connectivity index (χ1n) is 10.4. The van der Waals surface area contributed by atoms with Crippen LogP contribution in [0.3, 0.4) is 0 Å². The molecule has 2 N–H and O–H groups in total. The number of benzene rings is 2. The van der Waals surface area contributed by atoms with Crippen LogP contribution in [0.2, 0.25) is 0 Å². The van der Waals surface area contributed by atoms with Crippen molar-refractivity contribution < 1.29 is 19.1 Å². The van der Waals surface area contributed by atoms with E-state index < -0.39 is 17.6 Å². The second-order valence-corrected chi connectivity index (χ2v) is 8.17. The average Bonchev–Trinajstić information content (AvgIpc) is 3.23. The van der Waals surface area contributed by atoms with Gasteiger partial charge in [0.25, 0.3) is 5.56 Å². The Labute approximate surface area is 198 Å². The molecule has 174 valence electrons. The number of fused-ring (bicyclic) bond motifs is 1. The van der Waals surface area contributed by atoms with Crippen LogP contribution in [0, 0.1) is 6.92 Å². The third-order valence-corrected chi connectivity index (χ3v) is 5.84. The van der Waals surface area contributed by atoms with Crippen molar-refractivity contribution >= 4 is 44.8 Å². The molecule has 0 fully saturated rings. The second kappa shape index (κ2) is 9.75. The maximum Gasteiger partial charge on any atom is 0.359 e. The van der Waals surface area contributed by atoms with Crippen LogP contribution in [0.25, 0.3) is 16.5 Å². The van der Waals surface area contributed by atoms with Gasteiger partial charge in [-0.25, -0.2) is 9.59 Å². The highest BCUT2D eigenvalue weighted by Crippen LogP contribution is 2.31. The Kier molecular flexibility index (Phi) is 6.60. The van der Waals surface area contributed by atoms with Gasteiger partial charge in [0.2, 0.25) is 0 Å². The standard InChI is InChI=1S/C24H22N4O5S/c1-4-33-23(30)20-18-13-34-21(26-24(31)25-15-7-5-6-14(2)12-15)19(18)22(29)28(27-20)16-8-10-17(32-3)11-9-16/h5-13H,4H2,1-3H3,(H2,25,26,31).